The van der Waals surface area contributed by atoms with Crippen LogP contribution in [0.5, 0.6) is 5.75 Å². The van der Waals surface area contributed by atoms with Crippen molar-refractivity contribution in [2.24, 2.45) is 5.92 Å². The van der Waals surface area contributed by atoms with E-state index in [1.54, 1.807) is 0 Å². The second kappa shape index (κ2) is 9.41. The van der Waals surface area contributed by atoms with Gasteiger partial charge in [-0.2, -0.15) is 0 Å². The Labute approximate surface area is 164 Å². The third-order valence-corrected chi connectivity index (χ3v) is 5.98. The molecule has 3 rings (SSSR count). The zero-order valence-corrected chi connectivity index (χ0v) is 16.9. The lowest BCUT2D eigenvalue weighted by Gasteiger charge is -2.35. The van der Waals surface area contributed by atoms with Crippen LogP contribution < -0.4 is 4.74 Å². The normalized spacial score (nSPS) is 22.6. The third-order valence-electron chi connectivity index (χ3n) is 5.98. The number of hydrogen-bond acceptors (Lipinski definition) is 2. The summed E-state index contributed by atoms with van der Waals surface area (Å²) in [5.74, 6) is 1.68. The lowest BCUT2D eigenvalue weighted by atomic mass is 9.75. The van der Waals surface area contributed by atoms with Crippen LogP contribution in [-0.4, -0.2) is 11.7 Å². The van der Waals surface area contributed by atoms with Crippen LogP contribution in [0.15, 0.2) is 48.5 Å². The molecule has 2 heteroatoms. The summed E-state index contributed by atoms with van der Waals surface area (Å²) in [5, 5.41) is 11.0. The minimum Gasteiger partial charge on any atom is -0.494 e. The van der Waals surface area contributed by atoms with Crippen molar-refractivity contribution in [3.8, 4) is 16.9 Å². The van der Waals surface area contributed by atoms with Crippen molar-refractivity contribution in [1.29, 1.82) is 0 Å². The third kappa shape index (κ3) is 5.35. The first-order chi connectivity index (χ1) is 13.1. The highest BCUT2D eigenvalue weighted by molar-refractivity contribution is 5.64. The summed E-state index contributed by atoms with van der Waals surface area (Å²) in [6, 6.07) is 16.8. The van der Waals surface area contributed by atoms with E-state index >= 15 is 0 Å². The molecule has 0 aliphatic heterocycles. The van der Waals surface area contributed by atoms with Crippen LogP contribution in [0, 0.1) is 5.92 Å². The van der Waals surface area contributed by atoms with Gasteiger partial charge in [0.05, 0.1) is 12.2 Å². The number of ether oxygens (including phenoxy) is 1. The Morgan fingerprint density at radius 1 is 0.889 bits per heavy atom. The van der Waals surface area contributed by atoms with Crippen LogP contribution >= 0.6 is 0 Å². The van der Waals surface area contributed by atoms with E-state index in [9.17, 15) is 5.11 Å². The van der Waals surface area contributed by atoms with Crippen LogP contribution in [0.4, 0.5) is 0 Å². The fourth-order valence-electron chi connectivity index (χ4n) is 3.96. The van der Waals surface area contributed by atoms with Crippen LogP contribution in [-0.2, 0) is 5.60 Å². The van der Waals surface area contributed by atoms with Crippen LogP contribution in [0.3, 0.4) is 0 Å². The molecule has 0 aromatic heterocycles. The molecule has 1 saturated carbocycles. The predicted molar refractivity (Wildman–Crippen MR) is 113 cm³/mol. The molecule has 0 saturated heterocycles. The largest absolute Gasteiger partial charge is 0.494 e. The lowest BCUT2D eigenvalue weighted by Crippen LogP contribution is -2.30. The Bertz CT molecular complexity index is 679. The molecule has 2 aromatic rings. The minimum atomic E-state index is -0.638. The van der Waals surface area contributed by atoms with E-state index in [0.717, 1.165) is 55.9 Å². The fourth-order valence-corrected chi connectivity index (χ4v) is 3.96. The topological polar surface area (TPSA) is 29.5 Å². The summed E-state index contributed by atoms with van der Waals surface area (Å²) in [5.41, 5.74) is 2.79. The summed E-state index contributed by atoms with van der Waals surface area (Å²) in [4.78, 5) is 0. The van der Waals surface area contributed by atoms with Gasteiger partial charge in [-0.1, -0.05) is 69.5 Å². The fraction of sp³-hybridized carbons (Fsp3) is 0.520. The summed E-state index contributed by atoms with van der Waals surface area (Å²) < 4.78 is 5.83. The highest BCUT2D eigenvalue weighted by Crippen LogP contribution is 2.39. The molecular formula is C25H34O2. The van der Waals surface area contributed by atoms with Crippen molar-refractivity contribution in [3.63, 3.8) is 0 Å². The van der Waals surface area contributed by atoms with Crippen molar-refractivity contribution < 1.29 is 9.84 Å². The molecule has 0 heterocycles. The van der Waals surface area contributed by atoms with Crippen LogP contribution in [0.2, 0.25) is 0 Å². The van der Waals surface area contributed by atoms with Gasteiger partial charge in [-0.15, -0.1) is 0 Å². The molecule has 1 aliphatic carbocycles. The molecule has 0 bridgehead atoms. The second-order valence-corrected chi connectivity index (χ2v) is 8.22. The number of aliphatic hydroxyl groups is 1. The van der Waals surface area contributed by atoms with Gasteiger partial charge in [0.2, 0.25) is 0 Å². The second-order valence-electron chi connectivity index (χ2n) is 8.22. The molecule has 1 N–H and O–H groups in total. The zero-order chi connectivity index (χ0) is 19.1. The van der Waals surface area contributed by atoms with E-state index < -0.39 is 5.60 Å². The number of hydrogen-bond donors (Lipinski definition) is 1. The van der Waals surface area contributed by atoms with Crippen molar-refractivity contribution in [2.45, 2.75) is 70.8 Å². The van der Waals surface area contributed by atoms with E-state index in [4.69, 9.17) is 4.74 Å². The molecule has 27 heavy (non-hydrogen) atoms. The summed E-state index contributed by atoms with van der Waals surface area (Å²) in [7, 11) is 0. The molecule has 146 valence electrons. The first-order valence-corrected chi connectivity index (χ1v) is 10.7. The van der Waals surface area contributed by atoms with Crippen molar-refractivity contribution in [1.82, 2.24) is 0 Å². The van der Waals surface area contributed by atoms with Gasteiger partial charge in [0, 0.05) is 0 Å². The maximum absolute atomic E-state index is 11.0. The smallest absolute Gasteiger partial charge is 0.119 e. The molecule has 0 spiro atoms. The zero-order valence-electron chi connectivity index (χ0n) is 16.9. The molecule has 0 amide bonds. The molecular weight excluding hydrogens is 332 g/mol. The Morgan fingerprint density at radius 3 is 2.07 bits per heavy atom. The number of unbranched alkanes of at least 4 members (excludes halogenated alkanes) is 3. The summed E-state index contributed by atoms with van der Waals surface area (Å²) in [6.07, 6.45) is 8.87. The van der Waals surface area contributed by atoms with Crippen LogP contribution in [0.25, 0.3) is 11.1 Å². The molecule has 0 radical (unpaired) electrons. The van der Waals surface area contributed by atoms with E-state index in [1.807, 2.05) is 0 Å². The van der Waals surface area contributed by atoms with Crippen molar-refractivity contribution in [3.05, 3.63) is 54.1 Å². The Hall–Kier alpha value is -1.80. The average Bonchev–Trinajstić information content (AvgIpc) is 2.71. The highest BCUT2D eigenvalue weighted by atomic mass is 16.5. The monoisotopic (exact) mass is 366 g/mol. The molecule has 0 atom stereocenters. The van der Waals surface area contributed by atoms with Gasteiger partial charge in [0.1, 0.15) is 5.75 Å². The summed E-state index contributed by atoms with van der Waals surface area (Å²) >= 11 is 0. The van der Waals surface area contributed by atoms with Gasteiger partial charge in [-0.25, -0.2) is 0 Å². The van der Waals surface area contributed by atoms with E-state index in [0.29, 0.717) is 0 Å². The first-order valence-electron chi connectivity index (χ1n) is 10.7. The molecule has 0 unspecified atom stereocenters. The average molecular weight is 367 g/mol. The standard InChI is InChI=1S/C25H34O2/c1-3-4-5-6-19-27-24-13-9-22(10-14-24)21-7-11-23(12-8-21)25(26)17-15-20(2)16-18-25/h7-14,20,26H,3-6,15-19H2,1-2H3. The maximum atomic E-state index is 11.0. The maximum Gasteiger partial charge on any atom is 0.119 e. The number of benzene rings is 2. The SMILES string of the molecule is CCCCCCOc1ccc(-c2ccc(C3(O)CCC(C)CC3)cc2)cc1. The number of rotatable bonds is 8. The van der Waals surface area contributed by atoms with Crippen molar-refractivity contribution >= 4 is 0 Å². The molecule has 2 nitrogen and oxygen atoms in total. The minimum absolute atomic E-state index is 0.638. The van der Waals surface area contributed by atoms with Gasteiger partial charge in [0.25, 0.3) is 0 Å². The Morgan fingerprint density at radius 2 is 1.48 bits per heavy atom. The van der Waals surface area contributed by atoms with Gasteiger partial charge in [-0.3, -0.25) is 0 Å². The summed E-state index contributed by atoms with van der Waals surface area (Å²) in [6.45, 7) is 5.30. The van der Waals surface area contributed by atoms with Crippen molar-refractivity contribution in [2.75, 3.05) is 6.61 Å². The van der Waals surface area contributed by atoms with E-state index in [1.165, 1.54) is 30.4 Å². The van der Waals surface area contributed by atoms with Gasteiger partial charge in [0.15, 0.2) is 0 Å². The first kappa shape index (κ1) is 19.9. The lowest BCUT2D eigenvalue weighted by molar-refractivity contribution is -0.0120. The van der Waals surface area contributed by atoms with E-state index in [-0.39, 0.29) is 0 Å². The molecule has 1 fully saturated rings. The predicted octanol–water partition coefficient (Wildman–Crippen LogP) is 6.71. The Balaban J connectivity index is 1.58. The quantitative estimate of drug-likeness (QED) is 0.526. The van der Waals surface area contributed by atoms with E-state index in [2.05, 4.69) is 62.4 Å². The molecule has 2 aromatic carbocycles. The van der Waals surface area contributed by atoms with Crippen LogP contribution in [0.1, 0.15) is 70.8 Å². The van der Waals surface area contributed by atoms with Gasteiger partial charge in [-0.05, 0) is 66.8 Å². The van der Waals surface area contributed by atoms with Gasteiger partial charge >= 0.3 is 0 Å². The molecule has 1 aliphatic rings. The Kier molecular flexibility index (Phi) is 6.95. The highest BCUT2D eigenvalue weighted by Gasteiger charge is 2.33. The van der Waals surface area contributed by atoms with Gasteiger partial charge < -0.3 is 9.84 Å².